The topological polar surface area (TPSA) is 9.23 Å². The van der Waals surface area contributed by atoms with E-state index in [-0.39, 0.29) is 5.38 Å². The summed E-state index contributed by atoms with van der Waals surface area (Å²) in [5.74, 6) is 0.495. The first-order valence-electron chi connectivity index (χ1n) is 7.03. The van der Waals surface area contributed by atoms with E-state index in [0.717, 1.165) is 26.1 Å². The van der Waals surface area contributed by atoms with E-state index in [4.69, 9.17) is 16.3 Å². The van der Waals surface area contributed by atoms with E-state index in [1.807, 2.05) is 0 Å². The third kappa shape index (κ3) is 2.93. The summed E-state index contributed by atoms with van der Waals surface area (Å²) in [4.78, 5) is 0. The highest BCUT2D eigenvalue weighted by Gasteiger charge is 2.23. The summed E-state index contributed by atoms with van der Waals surface area (Å²) in [5.41, 5.74) is 1.35. The smallest absolute Gasteiger partial charge is 0.0508 e. The molecule has 0 aromatic heterocycles. The van der Waals surface area contributed by atoms with Gasteiger partial charge < -0.3 is 4.74 Å². The van der Waals surface area contributed by atoms with E-state index < -0.39 is 0 Å². The molecule has 0 spiro atoms. The Bertz CT molecular complexity index is 540. The average Bonchev–Trinajstić information content (AvgIpc) is 2.48. The first kappa shape index (κ1) is 13.0. The standard InChI is InChI=1S/C17H19ClO/c18-17(15-8-4-10-19-12-15)11-14-7-3-6-13-5-1-2-9-16(13)14/h1-3,5-7,9,15,17H,4,8,10-12H2. The van der Waals surface area contributed by atoms with Gasteiger partial charge in [-0.1, -0.05) is 42.5 Å². The molecule has 3 rings (SSSR count). The summed E-state index contributed by atoms with van der Waals surface area (Å²) < 4.78 is 5.54. The van der Waals surface area contributed by atoms with Gasteiger partial charge in [-0.2, -0.15) is 0 Å². The van der Waals surface area contributed by atoms with E-state index in [1.165, 1.54) is 22.8 Å². The molecule has 2 heteroatoms. The number of halogens is 1. The van der Waals surface area contributed by atoms with Crippen molar-refractivity contribution < 1.29 is 4.74 Å². The fraction of sp³-hybridized carbons (Fsp3) is 0.412. The lowest BCUT2D eigenvalue weighted by atomic mass is 9.92. The molecule has 1 fully saturated rings. The van der Waals surface area contributed by atoms with Crippen LogP contribution in [0, 0.1) is 5.92 Å². The molecule has 2 aromatic rings. The first-order valence-corrected chi connectivity index (χ1v) is 7.47. The molecule has 0 saturated carbocycles. The second kappa shape index (κ2) is 5.94. The number of alkyl halides is 1. The minimum absolute atomic E-state index is 0.172. The predicted octanol–water partition coefficient (Wildman–Crippen LogP) is 4.42. The van der Waals surface area contributed by atoms with Crippen molar-refractivity contribution in [1.82, 2.24) is 0 Å². The van der Waals surface area contributed by atoms with Crippen molar-refractivity contribution in [3.63, 3.8) is 0 Å². The molecule has 2 atom stereocenters. The van der Waals surface area contributed by atoms with Crippen molar-refractivity contribution in [1.29, 1.82) is 0 Å². The zero-order valence-electron chi connectivity index (χ0n) is 11.0. The molecule has 1 nitrogen and oxygen atoms in total. The van der Waals surface area contributed by atoms with Crippen molar-refractivity contribution in [2.45, 2.75) is 24.6 Å². The van der Waals surface area contributed by atoms with E-state index in [9.17, 15) is 0 Å². The second-order valence-electron chi connectivity index (χ2n) is 5.34. The van der Waals surface area contributed by atoms with Crippen molar-refractivity contribution >= 4 is 22.4 Å². The molecule has 0 aliphatic carbocycles. The molecular weight excluding hydrogens is 256 g/mol. The summed E-state index contributed by atoms with van der Waals surface area (Å²) in [6.45, 7) is 1.72. The number of rotatable bonds is 3. The molecule has 2 aromatic carbocycles. The van der Waals surface area contributed by atoms with Crippen LogP contribution in [0.15, 0.2) is 42.5 Å². The van der Waals surface area contributed by atoms with Crippen molar-refractivity contribution in [2.24, 2.45) is 5.92 Å². The Morgan fingerprint density at radius 1 is 1.16 bits per heavy atom. The number of fused-ring (bicyclic) bond motifs is 1. The summed E-state index contributed by atoms with van der Waals surface area (Å²) in [7, 11) is 0. The van der Waals surface area contributed by atoms with Gasteiger partial charge in [0.2, 0.25) is 0 Å². The molecule has 1 aliphatic heterocycles. The highest BCUT2D eigenvalue weighted by Crippen LogP contribution is 2.27. The fourth-order valence-electron chi connectivity index (χ4n) is 2.90. The van der Waals surface area contributed by atoms with Crippen LogP contribution in [0.4, 0.5) is 0 Å². The van der Waals surface area contributed by atoms with Gasteiger partial charge >= 0.3 is 0 Å². The zero-order chi connectivity index (χ0) is 13.1. The van der Waals surface area contributed by atoms with E-state index in [1.54, 1.807) is 0 Å². The highest BCUT2D eigenvalue weighted by molar-refractivity contribution is 6.21. The fourth-order valence-corrected chi connectivity index (χ4v) is 3.26. The van der Waals surface area contributed by atoms with Crippen molar-refractivity contribution in [3.8, 4) is 0 Å². The van der Waals surface area contributed by atoms with Crippen molar-refractivity contribution in [2.75, 3.05) is 13.2 Å². The average molecular weight is 275 g/mol. The van der Waals surface area contributed by atoms with Crippen molar-refractivity contribution in [3.05, 3.63) is 48.0 Å². The maximum absolute atomic E-state index is 6.61. The molecular formula is C17H19ClO. The Hall–Kier alpha value is -1.05. The molecule has 0 radical (unpaired) electrons. The van der Waals surface area contributed by atoms with Crippen LogP contribution in [0.5, 0.6) is 0 Å². The van der Waals surface area contributed by atoms with Crippen LogP contribution in [0.3, 0.4) is 0 Å². The molecule has 0 amide bonds. The zero-order valence-corrected chi connectivity index (χ0v) is 11.8. The normalized spacial score (nSPS) is 21.4. The van der Waals surface area contributed by atoms with Gasteiger partial charge in [0, 0.05) is 12.0 Å². The van der Waals surface area contributed by atoms with Crippen LogP contribution in [0.25, 0.3) is 10.8 Å². The second-order valence-corrected chi connectivity index (χ2v) is 5.90. The molecule has 0 N–H and O–H groups in total. The molecule has 0 bridgehead atoms. The maximum Gasteiger partial charge on any atom is 0.0508 e. The van der Waals surface area contributed by atoms with Crippen LogP contribution in [0.1, 0.15) is 18.4 Å². The Morgan fingerprint density at radius 3 is 2.84 bits per heavy atom. The Kier molecular flexibility index (Phi) is 4.05. The van der Waals surface area contributed by atoms with E-state index >= 15 is 0 Å². The monoisotopic (exact) mass is 274 g/mol. The van der Waals surface area contributed by atoms with Gasteiger partial charge in [0.05, 0.1) is 6.61 Å². The largest absolute Gasteiger partial charge is 0.381 e. The quantitative estimate of drug-likeness (QED) is 0.753. The van der Waals surface area contributed by atoms with Gasteiger partial charge in [-0.3, -0.25) is 0 Å². The maximum atomic E-state index is 6.61. The molecule has 2 unspecified atom stereocenters. The van der Waals surface area contributed by atoms with Gasteiger partial charge in [0.15, 0.2) is 0 Å². The highest BCUT2D eigenvalue weighted by atomic mass is 35.5. The van der Waals surface area contributed by atoms with Crippen LogP contribution < -0.4 is 0 Å². The molecule has 100 valence electrons. The van der Waals surface area contributed by atoms with Gasteiger partial charge in [-0.15, -0.1) is 11.6 Å². The number of benzene rings is 2. The molecule has 1 saturated heterocycles. The Morgan fingerprint density at radius 2 is 2.00 bits per heavy atom. The lowest BCUT2D eigenvalue weighted by molar-refractivity contribution is 0.0533. The minimum atomic E-state index is 0.172. The lowest BCUT2D eigenvalue weighted by Gasteiger charge is -2.26. The van der Waals surface area contributed by atoms with E-state index in [0.29, 0.717) is 5.92 Å². The van der Waals surface area contributed by atoms with Gasteiger partial charge in [0.1, 0.15) is 0 Å². The van der Waals surface area contributed by atoms with Crippen LogP contribution >= 0.6 is 11.6 Å². The van der Waals surface area contributed by atoms with E-state index in [2.05, 4.69) is 42.5 Å². The summed E-state index contributed by atoms with van der Waals surface area (Å²) in [6.07, 6.45) is 3.26. The van der Waals surface area contributed by atoms with Gasteiger partial charge in [-0.05, 0) is 41.5 Å². The van der Waals surface area contributed by atoms with Crippen LogP contribution in [-0.2, 0) is 11.2 Å². The van der Waals surface area contributed by atoms with Gasteiger partial charge in [-0.25, -0.2) is 0 Å². The summed E-state index contributed by atoms with van der Waals surface area (Å²) >= 11 is 6.61. The van der Waals surface area contributed by atoms with Crippen LogP contribution in [0.2, 0.25) is 0 Å². The molecule has 19 heavy (non-hydrogen) atoms. The molecule has 1 aliphatic rings. The number of hydrogen-bond donors (Lipinski definition) is 0. The lowest BCUT2D eigenvalue weighted by Crippen LogP contribution is -2.27. The summed E-state index contributed by atoms with van der Waals surface area (Å²) in [5, 5.41) is 2.79. The third-order valence-corrected chi connectivity index (χ3v) is 4.51. The Labute approximate surface area is 119 Å². The number of ether oxygens (including phenoxy) is 1. The Balaban J connectivity index is 1.80. The third-order valence-electron chi connectivity index (χ3n) is 4.00. The molecule has 1 heterocycles. The number of hydrogen-bond acceptors (Lipinski definition) is 1. The minimum Gasteiger partial charge on any atom is -0.381 e. The van der Waals surface area contributed by atoms with Crippen LogP contribution in [-0.4, -0.2) is 18.6 Å². The first-order chi connectivity index (χ1) is 9.34. The predicted molar refractivity (Wildman–Crippen MR) is 80.8 cm³/mol. The SMILES string of the molecule is ClC(Cc1cccc2ccccc12)C1CCCOC1. The van der Waals surface area contributed by atoms with Gasteiger partial charge in [0.25, 0.3) is 0 Å². The summed E-state index contributed by atoms with van der Waals surface area (Å²) in [6, 6.07) is 15.0.